The van der Waals surface area contributed by atoms with Crippen LogP contribution in [0.2, 0.25) is 0 Å². The zero-order chi connectivity index (χ0) is 12.5. The van der Waals surface area contributed by atoms with E-state index in [9.17, 15) is 0 Å². The maximum atomic E-state index is 4.54. The molecule has 2 aromatic heterocycles. The summed E-state index contributed by atoms with van der Waals surface area (Å²) >= 11 is 0. The molecule has 0 bridgehead atoms. The molecule has 1 fully saturated rings. The van der Waals surface area contributed by atoms with Crippen LogP contribution in [0.5, 0.6) is 0 Å². The Morgan fingerprint density at radius 2 is 2.33 bits per heavy atom. The topological polar surface area (TPSA) is 74.7 Å². The zero-order valence-electron chi connectivity index (χ0n) is 10.6. The van der Waals surface area contributed by atoms with Crippen molar-refractivity contribution in [3.05, 3.63) is 12.3 Å². The molecule has 0 saturated carbocycles. The molecule has 0 amide bonds. The fraction of sp³-hybridized carbons (Fsp3) is 0.545. The molecular weight excluding hydrogens is 230 g/mol. The summed E-state index contributed by atoms with van der Waals surface area (Å²) in [6.07, 6.45) is 1.75. The van der Waals surface area contributed by atoms with E-state index in [1.54, 1.807) is 10.9 Å². The van der Waals surface area contributed by atoms with Gasteiger partial charge in [0.05, 0.1) is 0 Å². The standard InChI is InChI=1S/C11H17N7/c1-8-7-18(6-5-12-8)11-14-10(15-16-11)9-3-4-13-17(9)2/h3-4,8,12H,5-7H2,1-2H3,(H,14,15,16). The molecule has 1 unspecified atom stereocenters. The highest BCUT2D eigenvalue weighted by molar-refractivity contribution is 5.51. The van der Waals surface area contributed by atoms with E-state index < -0.39 is 0 Å². The van der Waals surface area contributed by atoms with Crippen LogP contribution < -0.4 is 10.2 Å². The Balaban J connectivity index is 1.83. The Kier molecular flexibility index (Phi) is 2.75. The van der Waals surface area contributed by atoms with Gasteiger partial charge in [0.15, 0.2) is 5.82 Å². The molecule has 0 aromatic carbocycles. The van der Waals surface area contributed by atoms with Crippen LogP contribution in [0.3, 0.4) is 0 Å². The van der Waals surface area contributed by atoms with E-state index in [0.717, 1.165) is 37.1 Å². The van der Waals surface area contributed by atoms with Crippen molar-refractivity contribution in [1.82, 2.24) is 30.3 Å². The maximum Gasteiger partial charge on any atom is 0.245 e. The Bertz CT molecular complexity index is 529. The molecule has 3 rings (SSSR count). The minimum Gasteiger partial charge on any atom is -0.337 e. The lowest BCUT2D eigenvalue weighted by molar-refractivity contribution is 0.480. The SMILES string of the molecule is CC1CN(c2n[nH]c(-c3ccnn3C)n2)CCN1. The molecule has 1 atom stereocenters. The number of hydrogen-bond acceptors (Lipinski definition) is 5. The molecule has 0 aliphatic carbocycles. The number of nitrogens with zero attached hydrogens (tertiary/aromatic N) is 5. The lowest BCUT2D eigenvalue weighted by atomic mass is 10.2. The van der Waals surface area contributed by atoms with Crippen molar-refractivity contribution in [2.45, 2.75) is 13.0 Å². The lowest BCUT2D eigenvalue weighted by Gasteiger charge is -2.30. The van der Waals surface area contributed by atoms with Crippen molar-refractivity contribution in [3.8, 4) is 11.5 Å². The van der Waals surface area contributed by atoms with Crippen LogP contribution in [0.1, 0.15) is 6.92 Å². The predicted octanol–water partition coefficient (Wildman–Crippen LogP) is 0.00330. The number of aryl methyl sites for hydroxylation is 1. The van der Waals surface area contributed by atoms with Crippen molar-refractivity contribution < 1.29 is 0 Å². The van der Waals surface area contributed by atoms with Gasteiger partial charge in [-0.15, -0.1) is 5.10 Å². The van der Waals surface area contributed by atoms with Crippen molar-refractivity contribution >= 4 is 5.95 Å². The van der Waals surface area contributed by atoms with E-state index in [2.05, 4.69) is 37.4 Å². The highest BCUT2D eigenvalue weighted by Gasteiger charge is 2.20. The molecule has 1 saturated heterocycles. The van der Waals surface area contributed by atoms with E-state index >= 15 is 0 Å². The summed E-state index contributed by atoms with van der Waals surface area (Å²) in [7, 11) is 1.89. The van der Waals surface area contributed by atoms with Gasteiger partial charge in [-0.25, -0.2) is 0 Å². The first-order valence-corrected chi connectivity index (χ1v) is 6.13. The van der Waals surface area contributed by atoms with Crippen LogP contribution in [0.15, 0.2) is 12.3 Å². The van der Waals surface area contributed by atoms with Crippen molar-refractivity contribution in [2.24, 2.45) is 7.05 Å². The van der Waals surface area contributed by atoms with E-state index in [4.69, 9.17) is 0 Å². The number of aromatic amines is 1. The molecule has 18 heavy (non-hydrogen) atoms. The van der Waals surface area contributed by atoms with Crippen LogP contribution in [0.25, 0.3) is 11.5 Å². The van der Waals surface area contributed by atoms with Gasteiger partial charge in [0.25, 0.3) is 0 Å². The van der Waals surface area contributed by atoms with Crippen LogP contribution in [0, 0.1) is 0 Å². The molecule has 96 valence electrons. The Morgan fingerprint density at radius 3 is 3.06 bits per heavy atom. The number of rotatable bonds is 2. The first kappa shape index (κ1) is 11.2. The predicted molar refractivity (Wildman–Crippen MR) is 68.3 cm³/mol. The molecule has 1 aliphatic heterocycles. The summed E-state index contributed by atoms with van der Waals surface area (Å²) in [6, 6.07) is 2.39. The number of piperazine rings is 1. The van der Waals surface area contributed by atoms with Gasteiger partial charge in [0, 0.05) is 38.9 Å². The summed E-state index contributed by atoms with van der Waals surface area (Å²) in [4.78, 5) is 6.73. The van der Waals surface area contributed by atoms with Crippen LogP contribution in [0.4, 0.5) is 5.95 Å². The average Bonchev–Trinajstić information content (AvgIpc) is 2.97. The van der Waals surface area contributed by atoms with Gasteiger partial charge in [-0.05, 0) is 13.0 Å². The Morgan fingerprint density at radius 1 is 1.44 bits per heavy atom. The molecule has 1 aliphatic rings. The molecule has 0 radical (unpaired) electrons. The van der Waals surface area contributed by atoms with Gasteiger partial charge >= 0.3 is 0 Å². The quantitative estimate of drug-likeness (QED) is 0.781. The number of hydrogen-bond donors (Lipinski definition) is 2. The van der Waals surface area contributed by atoms with Crippen LogP contribution in [-0.2, 0) is 7.05 Å². The molecule has 7 heteroatoms. The molecular formula is C11H17N7. The van der Waals surface area contributed by atoms with Gasteiger partial charge in [0.1, 0.15) is 5.69 Å². The summed E-state index contributed by atoms with van der Waals surface area (Å²) in [5.41, 5.74) is 0.942. The fourth-order valence-electron chi connectivity index (χ4n) is 2.23. The number of anilines is 1. The van der Waals surface area contributed by atoms with Gasteiger partial charge < -0.3 is 10.2 Å². The van der Waals surface area contributed by atoms with Gasteiger partial charge in [-0.1, -0.05) is 0 Å². The smallest absolute Gasteiger partial charge is 0.245 e. The number of H-pyrrole nitrogens is 1. The summed E-state index contributed by atoms with van der Waals surface area (Å²) < 4.78 is 1.78. The van der Waals surface area contributed by atoms with E-state index in [0.29, 0.717) is 6.04 Å². The monoisotopic (exact) mass is 247 g/mol. The molecule has 2 N–H and O–H groups in total. The number of nitrogens with one attached hydrogen (secondary N) is 2. The summed E-state index contributed by atoms with van der Waals surface area (Å²) in [5, 5.41) is 14.8. The molecule has 7 nitrogen and oxygen atoms in total. The molecule has 3 heterocycles. The Labute approximate surface area is 105 Å². The largest absolute Gasteiger partial charge is 0.337 e. The second-order valence-electron chi connectivity index (χ2n) is 4.63. The molecule has 2 aromatic rings. The van der Waals surface area contributed by atoms with Crippen LogP contribution in [-0.4, -0.2) is 50.6 Å². The lowest BCUT2D eigenvalue weighted by Crippen LogP contribution is -2.49. The van der Waals surface area contributed by atoms with E-state index in [1.807, 2.05) is 13.1 Å². The van der Waals surface area contributed by atoms with Gasteiger partial charge in [0.2, 0.25) is 5.95 Å². The fourth-order valence-corrected chi connectivity index (χ4v) is 2.23. The Hall–Kier alpha value is -1.89. The van der Waals surface area contributed by atoms with Crippen molar-refractivity contribution in [1.29, 1.82) is 0 Å². The van der Waals surface area contributed by atoms with Gasteiger partial charge in [-0.2, -0.15) is 10.1 Å². The van der Waals surface area contributed by atoms with Crippen LogP contribution >= 0.6 is 0 Å². The van der Waals surface area contributed by atoms with Crippen molar-refractivity contribution in [3.63, 3.8) is 0 Å². The zero-order valence-corrected chi connectivity index (χ0v) is 10.6. The third kappa shape index (κ3) is 1.97. The first-order chi connectivity index (χ1) is 8.74. The summed E-state index contributed by atoms with van der Waals surface area (Å²) in [6.45, 7) is 5.01. The number of aromatic nitrogens is 5. The highest BCUT2D eigenvalue weighted by atomic mass is 15.4. The second kappa shape index (κ2) is 4.41. The maximum absolute atomic E-state index is 4.54. The van der Waals surface area contributed by atoms with E-state index in [1.165, 1.54) is 0 Å². The van der Waals surface area contributed by atoms with Gasteiger partial charge in [-0.3, -0.25) is 9.78 Å². The van der Waals surface area contributed by atoms with Crippen molar-refractivity contribution in [2.75, 3.05) is 24.5 Å². The highest BCUT2D eigenvalue weighted by Crippen LogP contribution is 2.17. The normalized spacial score (nSPS) is 20.3. The third-order valence-corrected chi connectivity index (χ3v) is 3.19. The second-order valence-corrected chi connectivity index (χ2v) is 4.63. The average molecular weight is 247 g/mol. The first-order valence-electron chi connectivity index (χ1n) is 6.13. The van der Waals surface area contributed by atoms with E-state index in [-0.39, 0.29) is 0 Å². The molecule has 0 spiro atoms. The third-order valence-electron chi connectivity index (χ3n) is 3.19. The minimum absolute atomic E-state index is 0.470. The minimum atomic E-state index is 0.470. The summed E-state index contributed by atoms with van der Waals surface area (Å²) in [5.74, 6) is 1.52.